The molecule has 0 aliphatic carbocycles. The molecule has 0 bridgehead atoms. The molecule has 70 valence electrons. The van der Waals surface area contributed by atoms with Crippen LogP contribution in [0.3, 0.4) is 0 Å². The first-order valence-corrected chi connectivity index (χ1v) is 3.40. The number of aryl methyl sites for hydroxylation is 2. The van der Waals surface area contributed by atoms with Crippen LogP contribution in [-0.4, -0.2) is 10.2 Å². The fourth-order valence-corrected chi connectivity index (χ4v) is 0.843. The molecule has 0 aliphatic rings. The largest absolute Gasteiger partial charge is 0.155 e. The quantitative estimate of drug-likeness (QED) is 0.595. The Balaban J connectivity index is 0. The maximum atomic E-state index is 3.99. The average molecular weight is 168 g/mol. The van der Waals surface area contributed by atoms with E-state index in [-0.39, 0.29) is 14.9 Å². The second-order valence-corrected chi connectivity index (χ2v) is 2.62. The standard InChI is InChI=1S/C8H12N2.2CH4/c1-5-6(2)8(4)10-9-7(5)3;;/h1-4H3;2*1H4. The third-order valence-electron chi connectivity index (χ3n) is 2.00. The van der Waals surface area contributed by atoms with Crippen LogP contribution in [0.5, 0.6) is 0 Å². The average Bonchev–Trinajstić information content (AvgIpc) is 1.93. The first-order valence-electron chi connectivity index (χ1n) is 3.40. The molecule has 0 radical (unpaired) electrons. The lowest BCUT2D eigenvalue weighted by Crippen LogP contribution is -1.97. The molecule has 0 saturated carbocycles. The summed E-state index contributed by atoms with van der Waals surface area (Å²) in [4.78, 5) is 0. The van der Waals surface area contributed by atoms with E-state index in [1.807, 2.05) is 13.8 Å². The molecule has 0 fully saturated rings. The Hall–Kier alpha value is -0.920. The molecule has 12 heavy (non-hydrogen) atoms. The lowest BCUT2D eigenvalue weighted by atomic mass is 10.1. The molecule has 0 atom stereocenters. The summed E-state index contributed by atoms with van der Waals surface area (Å²) >= 11 is 0. The van der Waals surface area contributed by atoms with E-state index in [2.05, 4.69) is 24.0 Å². The Morgan fingerprint density at radius 3 is 1.17 bits per heavy atom. The van der Waals surface area contributed by atoms with Gasteiger partial charge < -0.3 is 0 Å². The molecular weight excluding hydrogens is 148 g/mol. The zero-order valence-electron chi connectivity index (χ0n) is 6.89. The molecule has 0 aliphatic heterocycles. The molecule has 1 heterocycles. The molecular formula is C10H20N2. The van der Waals surface area contributed by atoms with Gasteiger partial charge in [0.15, 0.2) is 0 Å². The number of nitrogens with zero attached hydrogens (tertiary/aromatic N) is 2. The molecule has 2 nitrogen and oxygen atoms in total. The Bertz CT molecular complexity index is 227. The van der Waals surface area contributed by atoms with Gasteiger partial charge in [-0.2, -0.15) is 10.2 Å². The molecule has 0 spiro atoms. The maximum Gasteiger partial charge on any atom is 0.0632 e. The molecule has 0 saturated heterocycles. The number of rotatable bonds is 0. The zero-order valence-corrected chi connectivity index (χ0v) is 6.89. The smallest absolute Gasteiger partial charge is 0.0632 e. The monoisotopic (exact) mass is 168 g/mol. The van der Waals surface area contributed by atoms with E-state index in [1.165, 1.54) is 11.1 Å². The predicted molar refractivity (Wildman–Crippen MR) is 54.4 cm³/mol. The van der Waals surface area contributed by atoms with Crippen LogP contribution in [0.25, 0.3) is 0 Å². The van der Waals surface area contributed by atoms with Crippen molar-refractivity contribution in [2.75, 3.05) is 0 Å². The summed E-state index contributed by atoms with van der Waals surface area (Å²) in [7, 11) is 0. The second-order valence-electron chi connectivity index (χ2n) is 2.62. The lowest BCUT2D eigenvalue weighted by Gasteiger charge is -2.03. The van der Waals surface area contributed by atoms with E-state index >= 15 is 0 Å². The van der Waals surface area contributed by atoms with Gasteiger partial charge in [-0.1, -0.05) is 14.9 Å². The molecule has 0 aromatic carbocycles. The Morgan fingerprint density at radius 2 is 0.917 bits per heavy atom. The van der Waals surface area contributed by atoms with E-state index in [9.17, 15) is 0 Å². The van der Waals surface area contributed by atoms with Gasteiger partial charge in [-0.3, -0.25) is 0 Å². The summed E-state index contributed by atoms with van der Waals surface area (Å²) in [5.41, 5.74) is 4.58. The molecule has 2 heteroatoms. The second kappa shape index (κ2) is 4.86. The van der Waals surface area contributed by atoms with Crippen LogP contribution in [0, 0.1) is 27.7 Å². The van der Waals surface area contributed by atoms with Crippen molar-refractivity contribution in [3.8, 4) is 0 Å². The summed E-state index contributed by atoms with van der Waals surface area (Å²) in [6, 6.07) is 0. The summed E-state index contributed by atoms with van der Waals surface area (Å²) in [5, 5.41) is 7.98. The summed E-state index contributed by atoms with van der Waals surface area (Å²) in [5.74, 6) is 0. The molecule has 1 aromatic heterocycles. The summed E-state index contributed by atoms with van der Waals surface area (Å²) in [6.45, 7) is 8.11. The van der Waals surface area contributed by atoms with E-state index < -0.39 is 0 Å². The van der Waals surface area contributed by atoms with Gasteiger partial charge in [-0.05, 0) is 38.8 Å². The summed E-state index contributed by atoms with van der Waals surface area (Å²) < 4.78 is 0. The van der Waals surface area contributed by atoms with Gasteiger partial charge in [-0.25, -0.2) is 0 Å². The molecule has 0 unspecified atom stereocenters. The van der Waals surface area contributed by atoms with Crippen LogP contribution in [0.4, 0.5) is 0 Å². The van der Waals surface area contributed by atoms with Crippen molar-refractivity contribution in [3.63, 3.8) is 0 Å². The topological polar surface area (TPSA) is 25.8 Å². The fourth-order valence-electron chi connectivity index (χ4n) is 0.843. The van der Waals surface area contributed by atoms with Crippen molar-refractivity contribution >= 4 is 0 Å². The fraction of sp³-hybridized carbons (Fsp3) is 0.600. The van der Waals surface area contributed by atoms with Gasteiger partial charge in [0.1, 0.15) is 0 Å². The van der Waals surface area contributed by atoms with Crippen molar-refractivity contribution < 1.29 is 0 Å². The van der Waals surface area contributed by atoms with Crippen molar-refractivity contribution in [1.29, 1.82) is 0 Å². The van der Waals surface area contributed by atoms with Gasteiger partial charge in [0, 0.05) is 0 Å². The highest BCUT2D eigenvalue weighted by Crippen LogP contribution is 2.10. The predicted octanol–water partition coefficient (Wildman–Crippen LogP) is 2.98. The van der Waals surface area contributed by atoms with Crippen LogP contribution in [0.15, 0.2) is 0 Å². The molecule has 1 rings (SSSR count). The van der Waals surface area contributed by atoms with E-state index in [4.69, 9.17) is 0 Å². The van der Waals surface area contributed by atoms with Gasteiger partial charge in [-0.15, -0.1) is 0 Å². The van der Waals surface area contributed by atoms with E-state index in [0.29, 0.717) is 0 Å². The molecule has 1 aromatic rings. The minimum atomic E-state index is 0. The Labute approximate surface area is 76.0 Å². The van der Waals surface area contributed by atoms with Gasteiger partial charge in [0.25, 0.3) is 0 Å². The van der Waals surface area contributed by atoms with Crippen LogP contribution in [0.2, 0.25) is 0 Å². The molecule has 0 amide bonds. The lowest BCUT2D eigenvalue weighted by molar-refractivity contribution is 0.905. The molecule has 0 N–H and O–H groups in total. The first kappa shape index (κ1) is 13.7. The first-order chi connectivity index (χ1) is 4.63. The Morgan fingerprint density at radius 1 is 0.667 bits per heavy atom. The third kappa shape index (κ3) is 2.29. The highest BCUT2D eigenvalue weighted by Gasteiger charge is 2.00. The minimum absolute atomic E-state index is 0. The number of aromatic nitrogens is 2. The van der Waals surface area contributed by atoms with Crippen LogP contribution in [-0.2, 0) is 0 Å². The zero-order chi connectivity index (χ0) is 7.72. The Kier molecular flexibility index (Phi) is 5.53. The van der Waals surface area contributed by atoms with Crippen LogP contribution in [0.1, 0.15) is 37.4 Å². The summed E-state index contributed by atoms with van der Waals surface area (Å²) in [6.07, 6.45) is 0. The van der Waals surface area contributed by atoms with Crippen LogP contribution >= 0.6 is 0 Å². The van der Waals surface area contributed by atoms with Crippen LogP contribution < -0.4 is 0 Å². The number of hydrogen-bond acceptors (Lipinski definition) is 2. The SMILES string of the molecule is C.C.Cc1nnc(C)c(C)c1C. The normalized spacial score (nSPS) is 8.33. The minimum Gasteiger partial charge on any atom is -0.155 e. The van der Waals surface area contributed by atoms with Crippen molar-refractivity contribution in [1.82, 2.24) is 10.2 Å². The van der Waals surface area contributed by atoms with E-state index in [1.54, 1.807) is 0 Å². The highest BCUT2D eigenvalue weighted by molar-refractivity contribution is 5.28. The van der Waals surface area contributed by atoms with Crippen molar-refractivity contribution in [2.45, 2.75) is 42.5 Å². The maximum absolute atomic E-state index is 3.99. The van der Waals surface area contributed by atoms with E-state index in [0.717, 1.165) is 11.4 Å². The van der Waals surface area contributed by atoms with Gasteiger partial charge in [0.2, 0.25) is 0 Å². The third-order valence-corrected chi connectivity index (χ3v) is 2.00. The van der Waals surface area contributed by atoms with Gasteiger partial charge >= 0.3 is 0 Å². The van der Waals surface area contributed by atoms with Crippen molar-refractivity contribution in [3.05, 3.63) is 22.5 Å². The van der Waals surface area contributed by atoms with Gasteiger partial charge in [0.05, 0.1) is 11.4 Å². The van der Waals surface area contributed by atoms with Crippen molar-refractivity contribution in [2.24, 2.45) is 0 Å². The highest BCUT2D eigenvalue weighted by atomic mass is 15.1. The number of hydrogen-bond donors (Lipinski definition) is 0.